The lowest BCUT2D eigenvalue weighted by Gasteiger charge is -2.35. The second-order valence-electron chi connectivity index (χ2n) is 5.50. The zero-order chi connectivity index (χ0) is 16.0. The summed E-state index contributed by atoms with van der Waals surface area (Å²) in [6.07, 6.45) is 0.777. The van der Waals surface area contributed by atoms with Gasteiger partial charge in [0.15, 0.2) is 0 Å². The van der Waals surface area contributed by atoms with Gasteiger partial charge in [-0.3, -0.25) is 4.79 Å². The third-order valence-electron chi connectivity index (χ3n) is 3.59. The van der Waals surface area contributed by atoms with Gasteiger partial charge in [0.05, 0.1) is 19.3 Å². The van der Waals surface area contributed by atoms with Gasteiger partial charge in [0.1, 0.15) is 5.92 Å². The number of carbonyl (C=O) groups excluding carboxylic acids is 1. The summed E-state index contributed by atoms with van der Waals surface area (Å²) in [5.41, 5.74) is 0.902. The number of carboxylic acid groups (broad SMARTS) is 1. The molecule has 1 saturated heterocycles. The molecule has 2 amide bonds. The van der Waals surface area contributed by atoms with Gasteiger partial charge in [-0.05, 0) is 20.3 Å². The molecule has 1 rings (SSSR count). The van der Waals surface area contributed by atoms with Crippen molar-refractivity contribution in [3.63, 3.8) is 0 Å². The molecule has 2 unspecified atom stereocenters. The molecule has 0 saturated carbocycles. The van der Waals surface area contributed by atoms with Crippen molar-refractivity contribution in [3.05, 3.63) is 12.2 Å². The molecule has 6 nitrogen and oxygen atoms in total. The predicted molar refractivity (Wildman–Crippen MR) is 80.2 cm³/mol. The van der Waals surface area contributed by atoms with Crippen molar-refractivity contribution >= 4 is 12.0 Å². The van der Waals surface area contributed by atoms with Gasteiger partial charge >= 0.3 is 12.0 Å². The monoisotopic (exact) mass is 298 g/mol. The first-order valence-electron chi connectivity index (χ1n) is 7.42. The summed E-state index contributed by atoms with van der Waals surface area (Å²) in [6, 6.07) is -0.529. The van der Waals surface area contributed by atoms with Crippen LogP contribution < -0.4 is 0 Å². The number of ether oxygens (including phenoxy) is 1. The van der Waals surface area contributed by atoms with E-state index in [0.717, 1.165) is 12.0 Å². The van der Waals surface area contributed by atoms with Crippen LogP contribution >= 0.6 is 0 Å². The first kappa shape index (κ1) is 17.5. The Kier molecular flexibility index (Phi) is 6.68. The second-order valence-corrected chi connectivity index (χ2v) is 5.50. The van der Waals surface area contributed by atoms with Gasteiger partial charge in [-0.25, -0.2) is 4.79 Å². The van der Waals surface area contributed by atoms with E-state index in [1.807, 2.05) is 20.8 Å². The highest BCUT2D eigenvalue weighted by Crippen LogP contribution is 2.22. The minimum atomic E-state index is -0.908. The molecule has 1 fully saturated rings. The van der Waals surface area contributed by atoms with E-state index in [0.29, 0.717) is 19.6 Å². The van der Waals surface area contributed by atoms with Crippen LogP contribution in [-0.2, 0) is 9.53 Å². The number of hydrogen-bond acceptors (Lipinski definition) is 3. The van der Waals surface area contributed by atoms with Gasteiger partial charge < -0.3 is 19.6 Å². The van der Waals surface area contributed by atoms with E-state index < -0.39 is 17.9 Å². The maximum absolute atomic E-state index is 12.7. The van der Waals surface area contributed by atoms with Crippen LogP contribution in [-0.4, -0.2) is 65.8 Å². The summed E-state index contributed by atoms with van der Waals surface area (Å²) in [6.45, 7) is 11.6. The summed E-state index contributed by atoms with van der Waals surface area (Å²) in [5.74, 6) is -1.56. The lowest BCUT2D eigenvalue weighted by atomic mass is 10.0. The highest BCUT2D eigenvalue weighted by Gasteiger charge is 2.40. The number of urea groups is 1. The first-order chi connectivity index (χ1) is 9.92. The number of amides is 2. The number of aliphatic carboxylic acids is 1. The Morgan fingerprint density at radius 2 is 2.00 bits per heavy atom. The normalized spacial score (nSPS) is 21.1. The number of carboxylic acids is 1. The second kappa shape index (κ2) is 8.02. The molecule has 1 aliphatic heterocycles. The number of nitrogens with zero attached hydrogens (tertiary/aromatic N) is 2. The minimum Gasteiger partial charge on any atom is -0.481 e. The topological polar surface area (TPSA) is 70.1 Å². The van der Waals surface area contributed by atoms with Gasteiger partial charge in [0, 0.05) is 19.6 Å². The van der Waals surface area contributed by atoms with Crippen LogP contribution in [0.4, 0.5) is 4.79 Å². The van der Waals surface area contributed by atoms with Gasteiger partial charge in [-0.1, -0.05) is 19.1 Å². The van der Waals surface area contributed by atoms with Crippen molar-refractivity contribution in [2.45, 2.75) is 33.2 Å². The Morgan fingerprint density at radius 3 is 2.48 bits per heavy atom. The molecule has 120 valence electrons. The van der Waals surface area contributed by atoms with Crippen molar-refractivity contribution in [2.75, 3.05) is 32.8 Å². The fraction of sp³-hybridized carbons (Fsp3) is 0.733. The lowest BCUT2D eigenvalue weighted by Crippen LogP contribution is -2.52. The van der Waals surface area contributed by atoms with Crippen molar-refractivity contribution in [3.8, 4) is 0 Å². The lowest BCUT2D eigenvalue weighted by molar-refractivity contribution is -0.142. The molecule has 1 N–H and O–H groups in total. The summed E-state index contributed by atoms with van der Waals surface area (Å²) in [4.78, 5) is 27.4. The molecule has 2 atom stereocenters. The van der Waals surface area contributed by atoms with Crippen LogP contribution in [0.3, 0.4) is 0 Å². The predicted octanol–water partition coefficient (Wildman–Crippen LogP) is 1.82. The van der Waals surface area contributed by atoms with E-state index in [1.54, 1.807) is 9.80 Å². The van der Waals surface area contributed by atoms with Crippen LogP contribution in [0, 0.1) is 5.92 Å². The average molecular weight is 298 g/mol. The highest BCUT2D eigenvalue weighted by molar-refractivity contribution is 5.77. The van der Waals surface area contributed by atoms with E-state index in [9.17, 15) is 14.7 Å². The molecule has 0 radical (unpaired) electrons. The fourth-order valence-corrected chi connectivity index (χ4v) is 2.55. The molecule has 6 heteroatoms. The SMILES string of the molecule is C=C(C)CN(CC)C(=O)N(CCC)C1COCC1C(=O)O. The van der Waals surface area contributed by atoms with E-state index in [-0.39, 0.29) is 19.2 Å². The molecular formula is C15H26N2O4. The number of hydrogen-bond donors (Lipinski definition) is 1. The molecule has 0 aromatic carbocycles. The average Bonchev–Trinajstić information content (AvgIpc) is 2.90. The quantitative estimate of drug-likeness (QED) is 0.728. The standard InChI is InChI=1S/C15H26N2O4/c1-5-7-17(13-10-21-9-12(13)14(18)19)15(20)16(6-2)8-11(3)4/h12-13H,3,5-10H2,1-2,4H3,(H,18,19). The van der Waals surface area contributed by atoms with Crippen LogP contribution in [0.1, 0.15) is 27.2 Å². The molecule has 0 aliphatic carbocycles. The summed E-state index contributed by atoms with van der Waals surface area (Å²) in [5, 5.41) is 9.28. The zero-order valence-electron chi connectivity index (χ0n) is 13.2. The van der Waals surface area contributed by atoms with E-state index in [2.05, 4.69) is 6.58 Å². The van der Waals surface area contributed by atoms with E-state index in [1.165, 1.54) is 0 Å². The minimum absolute atomic E-state index is 0.135. The maximum atomic E-state index is 12.7. The molecule has 21 heavy (non-hydrogen) atoms. The van der Waals surface area contributed by atoms with Gasteiger partial charge in [-0.2, -0.15) is 0 Å². The molecule has 0 aromatic rings. The molecule has 0 spiro atoms. The highest BCUT2D eigenvalue weighted by atomic mass is 16.5. The Bertz CT molecular complexity index is 397. The van der Waals surface area contributed by atoms with Gasteiger partial charge in [0.25, 0.3) is 0 Å². The van der Waals surface area contributed by atoms with E-state index in [4.69, 9.17) is 4.74 Å². The Labute approximate surface area is 126 Å². The molecule has 1 aliphatic rings. The summed E-state index contributed by atoms with van der Waals surface area (Å²) in [7, 11) is 0. The molecular weight excluding hydrogens is 272 g/mol. The van der Waals surface area contributed by atoms with Gasteiger partial charge in [0.2, 0.25) is 0 Å². The summed E-state index contributed by atoms with van der Waals surface area (Å²) >= 11 is 0. The van der Waals surface area contributed by atoms with Crippen molar-refractivity contribution in [2.24, 2.45) is 5.92 Å². The first-order valence-corrected chi connectivity index (χ1v) is 7.42. The number of carbonyl (C=O) groups is 2. The Morgan fingerprint density at radius 1 is 1.33 bits per heavy atom. The zero-order valence-corrected chi connectivity index (χ0v) is 13.2. The summed E-state index contributed by atoms with van der Waals surface area (Å²) < 4.78 is 5.29. The van der Waals surface area contributed by atoms with E-state index >= 15 is 0 Å². The maximum Gasteiger partial charge on any atom is 0.320 e. The number of rotatable bonds is 7. The van der Waals surface area contributed by atoms with Crippen molar-refractivity contribution in [1.29, 1.82) is 0 Å². The van der Waals surface area contributed by atoms with Crippen molar-refractivity contribution in [1.82, 2.24) is 9.80 Å². The molecule has 1 heterocycles. The Balaban J connectivity index is 2.91. The van der Waals surface area contributed by atoms with Crippen LogP contribution in [0.2, 0.25) is 0 Å². The Hall–Kier alpha value is -1.56. The van der Waals surface area contributed by atoms with Crippen LogP contribution in [0.25, 0.3) is 0 Å². The van der Waals surface area contributed by atoms with Gasteiger partial charge in [-0.15, -0.1) is 0 Å². The fourth-order valence-electron chi connectivity index (χ4n) is 2.55. The van der Waals surface area contributed by atoms with Crippen LogP contribution in [0.15, 0.2) is 12.2 Å². The smallest absolute Gasteiger partial charge is 0.320 e. The number of likely N-dealkylation sites (N-methyl/N-ethyl adjacent to an activating group) is 1. The third kappa shape index (κ3) is 4.46. The largest absolute Gasteiger partial charge is 0.481 e. The molecule has 0 bridgehead atoms. The van der Waals surface area contributed by atoms with Crippen LogP contribution in [0.5, 0.6) is 0 Å². The third-order valence-corrected chi connectivity index (χ3v) is 3.59. The molecule has 0 aromatic heterocycles. The van der Waals surface area contributed by atoms with Crippen molar-refractivity contribution < 1.29 is 19.4 Å².